The molecule has 2 atom stereocenters. The molecule has 2 unspecified atom stereocenters. The molecule has 0 spiro atoms. The minimum Gasteiger partial charge on any atom is -0.396 e. The van der Waals surface area contributed by atoms with Crippen molar-refractivity contribution in [2.24, 2.45) is 0 Å². The van der Waals surface area contributed by atoms with Crippen LogP contribution in [0.1, 0.15) is 19.3 Å². The highest BCUT2D eigenvalue weighted by Crippen LogP contribution is 2.00. The van der Waals surface area contributed by atoms with Gasteiger partial charge in [0.15, 0.2) is 0 Å². The summed E-state index contributed by atoms with van der Waals surface area (Å²) in [5.74, 6) is 10.1. The molecule has 17 heavy (non-hydrogen) atoms. The van der Waals surface area contributed by atoms with Gasteiger partial charge in [0.1, 0.15) is 6.10 Å². The minimum absolute atomic E-state index is 0.150. The van der Waals surface area contributed by atoms with Crippen molar-refractivity contribution in [3.05, 3.63) is 24.8 Å². The van der Waals surface area contributed by atoms with Gasteiger partial charge in [0.25, 0.3) is 0 Å². The molecule has 0 rings (SSSR count). The first kappa shape index (κ1) is 15.5. The fourth-order valence-corrected chi connectivity index (χ4v) is 0.967. The summed E-state index contributed by atoms with van der Waals surface area (Å²) in [5, 5.41) is 27.0. The first-order valence-electron chi connectivity index (χ1n) is 5.48. The third kappa shape index (κ3) is 10.8. The molecule has 3 heteroatoms. The Bertz CT molecular complexity index is 349. The summed E-state index contributed by atoms with van der Waals surface area (Å²) in [6.07, 6.45) is 5.12. The zero-order chi connectivity index (χ0) is 12.9. The van der Waals surface area contributed by atoms with E-state index >= 15 is 0 Å². The Kier molecular flexibility index (Phi) is 10.00. The highest BCUT2D eigenvalue weighted by molar-refractivity contribution is 5.32. The summed E-state index contributed by atoms with van der Waals surface area (Å²) in [5.41, 5.74) is 0. The molecule has 0 radical (unpaired) electrons. The number of aliphatic hydroxyl groups is 3. The van der Waals surface area contributed by atoms with Crippen molar-refractivity contribution in [2.75, 3.05) is 6.61 Å². The second kappa shape index (κ2) is 11.0. The third-order valence-electron chi connectivity index (χ3n) is 1.89. The zero-order valence-electron chi connectivity index (χ0n) is 9.76. The molecule has 0 aromatic rings. The Morgan fingerprint density at radius 3 is 2.59 bits per heavy atom. The molecule has 0 bridgehead atoms. The fraction of sp³-hybridized carbons (Fsp3) is 0.429. The van der Waals surface area contributed by atoms with E-state index in [4.69, 9.17) is 10.2 Å². The van der Waals surface area contributed by atoms with Gasteiger partial charge < -0.3 is 15.3 Å². The highest BCUT2D eigenvalue weighted by Gasteiger charge is 1.96. The molecule has 0 saturated carbocycles. The van der Waals surface area contributed by atoms with Crippen LogP contribution in [0.2, 0.25) is 0 Å². The van der Waals surface area contributed by atoms with E-state index in [1.54, 1.807) is 6.08 Å². The van der Waals surface area contributed by atoms with Gasteiger partial charge in [0, 0.05) is 6.61 Å². The van der Waals surface area contributed by atoms with Crippen LogP contribution in [0.5, 0.6) is 0 Å². The lowest BCUT2D eigenvalue weighted by Crippen LogP contribution is -2.01. The van der Waals surface area contributed by atoms with Crippen LogP contribution in [-0.4, -0.2) is 34.1 Å². The zero-order valence-corrected chi connectivity index (χ0v) is 9.76. The van der Waals surface area contributed by atoms with Crippen molar-refractivity contribution in [3.8, 4) is 23.7 Å². The second-order valence-corrected chi connectivity index (χ2v) is 3.37. The number of allylic oxidation sites excluding steroid dienone is 1. The molecule has 92 valence electrons. The lowest BCUT2D eigenvalue weighted by atomic mass is 10.1. The topological polar surface area (TPSA) is 60.7 Å². The van der Waals surface area contributed by atoms with Gasteiger partial charge >= 0.3 is 0 Å². The highest BCUT2D eigenvalue weighted by atomic mass is 16.3. The van der Waals surface area contributed by atoms with Gasteiger partial charge in [-0.1, -0.05) is 24.5 Å². The van der Waals surface area contributed by atoms with E-state index in [0.717, 1.165) is 6.42 Å². The molecule has 0 aliphatic heterocycles. The van der Waals surface area contributed by atoms with Gasteiger partial charge in [-0.25, -0.2) is 0 Å². The smallest absolute Gasteiger partial charge is 0.134 e. The van der Waals surface area contributed by atoms with Crippen molar-refractivity contribution in [2.45, 2.75) is 31.5 Å². The Hall–Kier alpha value is -1.52. The predicted octanol–water partition coefficient (Wildman–Crippen LogP) is 0.620. The normalized spacial score (nSPS) is 13.1. The minimum atomic E-state index is -0.850. The van der Waals surface area contributed by atoms with Gasteiger partial charge in [-0.05, 0) is 43.3 Å². The van der Waals surface area contributed by atoms with E-state index in [-0.39, 0.29) is 6.61 Å². The number of rotatable bonds is 6. The number of unbranched alkanes of at least 4 members (excludes halogenated alkanes) is 1. The quantitative estimate of drug-likeness (QED) is 0.359. The Labute approximate surface area is 102 Å². The SMILES string of the molecule is C=CC(O)C#CC#CC=CC(O)CCCCO. The molecule has 0 aromatic heterocycles. The first-order chi connectivity index (χ1) is 8.20. The van der Waals surface area contributed by atoms with Gasteiger partial charge in [-0.2, -0.15) is 0 Å². The van der Waals surface area contributed by atoms with Crippen molar-refractivity contribution in [1.29, 1.82) is 0 Å². The largest absolute Gasteiger partial charge is 0.396 e. The van der Waals surface area contributed by atoms with E-state index in [1.807, 2.05) is 0 Å². The van der Waals surface area contributed by atoms with Crippen LogP contribution in [-0.2, 0) is 0 Å². The van der Waals surface area contributed by atoms with Crippen molar-refractivity contribution in [1.82, 2.24) is 0 Å². The first-order valence-corrected chi connectivity index (χ1v) is 5.48. The summed E-state index contributed by atoms with van der Waals surface area (Å²) in [6, 6.07) is 0. The summed E-state index contributed by atoms with van der Waals surface area (Å²) < 4.78 is 0. The second-order valence-electron chi connectivity index (χ2n) is 3.37. The average Bonchev–Trinajstić information content (AvgIpc) is 2.33. The van der Waals surface area contributed by atoms with Crippen LogP contribution < -0.4 is 0 Å². The molecule has 0 fully saturated rings. The van der Waals surface area contributed by atoms with Crippen molar-refractivity contribution in [3.63, 3.8) is 0 Å². The van der Waals surface area contributed by atoms with Crippen LogP contribution in [0.4, 0.5) is 0 Å². The fourth-order valence-electron chi connectivity index (χ4n) is 0.967. The molecular weight excluding hydrogens is 216 g/mol. The van der Waals surface area contributed by atoms with Crippen LogP contribution in [0.3, 0.4) is 0 Å². The standard InChI is InChI=1S/C14H18O3/c1-2-13(16)9-5-3-4-6-10-14(17)11-7-8-12-15/h2,6,10,13-17H,1,7-8,11-12H2. The van der Waals surface area contributed by atoms with Crippen molar-refractivity contribution >= 4 is 0 Å². The Morgan fingerprint density at radius 1 is 1.18 bits per heavy atom. The molecule has 0 aliphatic carbocycles. The number of aliphatic hydroxyl groups excluding tert-OH is 3. The Balaban J connectivity index is 3.88. The summed E-state index contributed by atoms with van der Waals surface area (Å²) in [4.78, 5) is 0. The summed E-state index contributed by atoms with van der Waals surface area (Å²) >= 11 is 0. The molecule has 0 aliphatic rings. The van der Waals surface area contributed by atoms with E-state index < -0.39 is 12.2 Å². The van der Waals surface area contributed by atoms with Crippen LogP contribution in [0.15, 0.2) is 24.8 Å². The van der Waals surface area contributed by atoms with Crippen LogP contribution in [0, 0.1) is 23.7 Å². The van der Waals surface area contributed by atoms with Crippen LogP contribution >= 0.6 is 0 Å². The molecule has 3 N–H and O–H groups in total. The van der Waals surface area contributed by atoms with E-state index in [0.29, 0.717) is 12.8 Å². The number of hydrogen-bond acceptors (Lipinski definition) is 3. The maximum absolute atomic E-state index is 9.43. The van der Waals surface area contributed by atoms with Gasteiger partial charge in [-0.15, -0.1) is 0 Å². The molecule has 3 nitrogen and oxygen atoms in total. The van der Waals surface area contributed by atoms with Gasteiger partial charge in [0.05, 0.1) is 6.10 Å². The number of hydrogen-bond donors (Lipinski definition) is 3. The predicted molar refractivity (Wildman–Crippen MR) is 67.8 cm³/mol. The maximum atomic E-state index is 9.43. The molecule has 0 heterocycles. The molecular formula is C14H18O3. The van der Waals surface area contributed by atoms with Gasteiger partial charge in [-0.3, -0.25) is 0 Å². The van der Waals surface area contributed by atoms with E-state index in [1.165, 1.54) is 12.2 Å². The summed E-state index contributed by atoms with van der Waals surface area (Å²) in [6.45, 7) is 3.52. The lowest BCUT2D eigenvalue weighted by Gasteiger charge is -2.02. The Morgan fingerprint density at radius 2 is 1.94 bits per heavy atom. The monoisotopic (exact) mass is 234 g/mol. The third-order valence-corrected chi connectivity index (χ3v) is 1.89. The van der Waals surface area contributed by atoms with Crippen molar-refractivity contribution < 1.29 is 15.3 Å². The molecule has 0 aromatic carbocycles. The van der Waals surface area contributed by atoms with E-state index in [9.17, 15) is 5.11 Å². The summed E-state index contributed by atoms with van der Waals surface area (Å²) in [7, 11) is 0. The van der Waals surface area contributed by atoms with E-state index in [2.05, 4.69) is 30.3 Å². The van der Waals surface area contributed by atoms with Gasteiger partial charge in [0.2, 0.25) is 0 Å². The lowest BCUT2D eigenvalue weighted by molar-refractivity contribution is 0.201. The molecule has 0 saturated heterocycles. The molecule has 0 amide bonds. The average molecular weight is 234 g/mol. The maximum Gasteiger partial charge on any atom is 0.134 e. The van der Waals surface area contributed by atoms with Crippen LogP contribution in [0.25, 0.3) is 0 Å².